The summed E-state index contributed by atoms with van der Waals surface area (Å²) in [6, 6.07) is 0.764. The molecular formula is C35H76N4O8Si. The minimum atomic E-state index is -1.17. The van der Waals surface area contributed by atoms with Crippen LogP contribution in [0.3, 0.4) is 0 Å². The van der Waals surface area contributed by atoms with Gasteiger partial charge in [0.1, 0.15) is 6.61 Å². The molecule has 3 amide bonds. The van der Waals surface area contributed by atoms with Crippen LogP contribution < -0.4 is 0 Å². The van der Waals surface area contributed by atoms with Crippen molar-refractivity contribution in [2.75, 3.05) is 118 Å². The Bertz CT molecular complexity index is 845. The van der Waals surface area contributed by atoms with Gasteiger partial charge in [0.05, 0.1) is 14.7 Å². The fourth-order valence-corrected chi connectivity index (χ4v) is 4.32. The van der Waals surface area contributed by atoms with E-state index in [1.807, 2.05) is 27.9 Å². The Balaban J connectivity index is -0.000000162. The van der Waals surface area contributed by atoms with Gasteiger partial charge in [-0.1, -0.05) is 33.5 Å². The van der Waals surface area contributed by atoms with Gasteiger partial charge in [-0.25, -0.2) is 0 Å². The number of likely N-dealkylation sites (N-methyl/N-ethyl adjacent to an activating group) is 1. The number of ether oxygens (including phenoxy) is 4. The molecule has 0 aliphatic rings. The van der Waals surface area contributed by atoms with Crippen molar-refractivity contribution in [3.63, 3.8) is 0 Å². The molecule has 0 aromatic heterocycles. The molecule has 0 aromatic rings. The van der Waals surface area contributed by atoms with Gasteiger partial charge in [0, 0.05) is 102 Å². The van der Waals surface area contributed by atoms with Crippen LogP contribution in [0.5, 0.6) is 0 Å². The van der Waals surface area contributed by atoms with Gasteiger partial charge < -0.3 is 38.5 Å². The number of carbonyl (C=O) groups is 4. The van der Waals surface area contributed by atoms with Crippen molar-refractivity contribution in [3.05, 3.63) is 11.6 Å². The molecule has 0 radical (unpaired) electrons. The molecule has 48 heavy (non-hydrogen) atoms. The lowest BCUT2D eigenvalue weighted by Gasteiger charge is -2.18. The maximum absolute atomic E-state index is 11.1. The summed E-state index contributed by atoms with van der Waals surface area (Å²) in [5.74, 6) is 1.49. The molecule has 288 valence electrons. The van der Waals surface area contributed by atoms with Gasteiger partial charge in [-0.2, -0.15) is 0 Å². The molecule has 0 aliphatic carbocycles. The van der Waals surface area contributed by atoms with Crippen LogP contribution in [0.15, 0.2) is 11.6 Å². The van der Waals surface area contributed by atoms with Gasteiger partial charge >= 0.3 is 0 Å². The molecule has 0 heterocycles. The van der Waals surface area contributed by atoms with Crippen LogP contribution in [0.2, 0.25) is 25.7 Å². The second-order valence-corrected chi connectivity index (χ2v) is 19.5. The highest BCUT2D eigenvalue weighted by Crippen LogP contribution is 2.08. The predicted octanol–water partition coefficient (Wildman–Crippen LogP) is 4.27. The lowest BCUT2D eigenvalue weighted by Crippen LogP contribution is -2.31. The minimum absolute atomic E-state index is 0.000417. The van der Waals surface area contributed by atoms with Crippen LogP contribution in [-0.4, -0.2) is 169 Å². The summed E-state index contributed by atoms with van der Waals surface area (Å²) in [7, 11) is 20.1. The highest BCUT2D eigenvalue weighted by Gasteiger charge is 2.18. The van der Waals surface area contributed by atoms with Crippen molar-refractivity contribution in [2.24, 2.45) is 11.8 Å². The van der Waals surface area contributed by atoms with Gasteiger partial charge in [-0.15, -0.1) is 0 Å². The maximum Gasteiger partial charge on any atom is 0.246 e. The number of nitrogens with zero attached hydrogens (tertiary/aromatic N) is 4. The van der Waals surface area contributed by atoms with Crippen LogP contribution in [0, 0.1) is 11.8 Å². The molecule has 0 saturated heterocycles. The Labute approximate surface area is 296 Å². The molecule has 0 N–H and O–H groups in total. The quantitative estimate of drug-likeness (QED) is 0.171. The summed E-state index contributed by atoms with van der Waals surface area (Å²) in [5.41, 5.74) is 0.936. The van der Waals surface area contributed by atoms with E-state index in [1.54, 1.807) is 65.4 Å². The number of hydrogen-bond donors (Lipinski definition) is 0. The molecule has 0 aromatic carbocycles. The van der Waals surface area contributed by atoms with Crippen molar-refractivity contribution in [1.82, 2.24) is 19.6 Å². The first-order valence-corrected chi connectivity index (χ1v) is 20.0. The molecule has 0 bridgehead atoms. The van der Waals surface area contributed by atoms with Crippen molar-refractivity contribution in [3.8, 4) is 0 Å². The Morgan fingerprint density at radius 2 is 1.08 bits per heavy atom. The molecule has 2 atom stereocenters. The zero-order valence-corrected chi connectivity index (χ0v) is 35.4. The number of ketones is 1. The highest BCUT2D eigenvalue weighted by molar-refractivity contribution is 6.78. The first kappa shape index (κ1) is 55.3. The average Bonchev–Trinajstić information content (AvgIpc) is 2.92. The summed E-state index contributed by atoms with van der Waals surface area (Å²) < 4.78 is 19.2. The Morgan fingerprint density at radius 1 is 0.646 bits per heavy atom. The van der Waals surface area contributed by atoms with Crippen molar-refractivity contribution >= 4 is 31.6 Å². The van der Waals surface area contributed by atoms with Crippen molar-refractivity contribution in [1.29, 1.82) is 0 Å². The van der Waals surface area contributed by atoms with Crippen LogP contribution in [-0.2, 0) is 38.1 Å². The van der Waals surface area contributed by atoms with Gasteiger partial charge in [0.25, 0.3) is 0 Å². The lowest BCUT2D eigenvalue weighted by molar-refractivity contribution is -0.130. The fraction of sp³-hybridized carbons (Fsp3) is 0.829. The normalized spacial score (nSPS) is 11.9. The summed E-state index contributed by atoms with van der Waals surface area (Å²) >= 11 is 0. The van der Waals surface area contributed by atoms with E-state index in [0.717, 1.165) is 24.8 Å². The van der Waals surface area contributed by atoms with Crippen molar-refractivity contribution < 1.29 is 38.1 Å². The second-order valence-electron chi connectivity index (χ2n) is 14.0. The summed E-state index contributed by atoms with van der Waals surface area (Å²) in [6.07, 6.45) is 3.37. The standard InChI is InChI=1S/C8H17NO2.C8H15NO2.C8H19NO.C7H17NOSi.C4H8O2/c2*1-7(6-11-4)5-8(10)9(2)3;1-8(7-10-4)5-6-9(2)3;1-8(2)7(9)6-10(3,4)5;1-4(5)3-6-2/h7H,5-6H2,1-4H3;5H,6H2,1-4H3;8H,5-7H2,1-4H3;6H2,1-5H3;3H2,1-2H3/b;7-5+;;;. The first-order chi connectivity index (χ1) is 21.9. The maximum atomic E-state index is 11.1. The van der Waals surface area contributed by atoms with Gasteiger partial charge in [-0.3, -0.25) is 19.2 Å². The third kappa shape index (κ3) is 50.7. The predicted molar refractivity (Wildman–Crippen MR) is 202 cm³/mol. The smallest absolute Gasteiger partial charge is 0.246 e. The number of rotatable bonds is 16. The molecule has 13 heteroatoms. The Morgan fingerprint density at radius 3 is 1.35 bits per heavy atom. The second kappa shape index (κ2) is 34.7. The highest BCUT2D eigenvalue weighted by atomic mass is 28.3. The van der Waals surface area contributed by atoms with Gasteiger partial charge in [0.2, 0.25) is 17.7 Å². The first-order valence-electron chi connectivity index (χ1n) is 16.3. The van der Waals surface area contributed by atoms with E-state index in [1.165, 1.54) is 25.4 Å². The summed E-state index contributed by atoms with van der Waals surface area (Å²) in [5, 5.41) is 0. The molecule has 0 fully saturated rings. The van der Waals surface area contributed by atoms with E-state index in [0.29, 0.717) is 31.5 Å². The number of amides is 3. The molecular weight excluding hydrogens is 632 g/mol. The molecule has 0 spiro atoms. The lowest BCUT2D eigenvalue weighted by atomic mass is 10.1. The van der Waals surface area contributed by atoms with Crippen LogP contribution in [0.25, 0.3) is 0 Å². The monoisotopic (exact) mass is 709 g/mol. The average molecular weight is 709 g/mol. The van der Waals surface area contributed by atoms with E-state index in [2.05, 4.69) is 50.3 Å². The third-order valence-corrected chi connectivity index (χ3v) is 7.07. The van der Waals surface area contributed by atoms with E-state index in [-0.39, 0.29) is 30.1 Å². The largest absolute Gasteiger partial charge is 0.384 e. The van der Waals surface area contributed by atoms with E-state index >= 15 is 0 Å². The number of carbonyl (C=O) groups excluding carboxylic acids is 4. The molecule has 0 aliphatic heterocycles. The van der Waals surface area contributed by atoms with E-state index in [4.69, 9.17) is 14.2 Å². The van der Waals surface area contributed by atoms with Crippen LogP contribution >= 0.6 is 0 Å². The molecule has 0 saturated carbocycles. The van der Waals surface area contributed by atoms with Crippen molar-refractivity contribution in [2.45, 2.75) is 66.2 Å². The zero-order chi connectivity index (χ0) is 39.0. The van der Waals surface area contributed by atoms with E-state index < -0.39 is 8.07 Å². The fourth-order valence-electron chi connectivity index (χ4n) is 3.09. The Hall–Kier alpha value is -2.16. The van der Waals surface area contributed by atoms with Gasteiger partial charge in [0.15, 0.2) is 5.78 Å². The molecule has 0 rings (SSSR count). The SMILES string of the molecule is CN(C)C(=O)C[Si](C)(C)C.COC/C(C)=C/C(=O)N(C)C.COCC(C)=O.COCC(C)CC(=O)N(C)C.COCC(C)CCN(C)C. The topological polar surface area (TPSA) is 118 Å². The number of methoxy groups -OCH3 is 4. The minimum Gasteiger partial charge on any atom is -0.384 e. The zero-order valence-electron chi connectivity index (χ0n) is 34.4. The summed E-state index contributed by atoms with van der Waals surface area (Å²) in [6.45, 7) is 17.6. The van der Waals surface area contributed by atoms with E-state index in [9.17, 15) is 19.2 Å². The van der Waals surface area contributed by atoms with Gasteiger partial charge in [-0.05, 0) is 58.3 Å². The molecule has 2 unspecified atom stereocenters. The third-order valence-electron chi connectivity index (χ3n) is 5.70. The molecule has 12 nitrogen and oxygen atoms in total. The Kier molecular flexibility index (Phi) is 39.9. The van der Waals surface area contributed by atoms with Crippen LogP contribution in [0.1, 0.15) is 40.5 Å². The summed E-state index contributed by atoms with van der Waals surface area (Å²) in [4.78, 5) is 50.2. The van der Waals surface area contributed by atoms with Crippen LogP contribution in [0.4, 0.5) is 0 Å². The number of Topliss-reactive ketones (excluding diaryl/α,β-unsaturated/α-hetero) is 1. The number of hydrogen-bond acceptors (Lipinski definition) is 9.